The summed E-state index contributed by atoms with van der Waals surface area (Å²) in [6.07, 6.45) is 0.333. The van der Waals surface area contributed by atoms with E-state index in [1.54, 1.807) is 0 Å². The van der Waals surface area contributed by atoms with Crippen LogP contribution in [-0.4, -0.2) is 5.91 Å². The van der Waals surface area contributed by atoms with Crippen LogP contribution < -0.4 is 5.73 Å². The third-order valence-electron chi connectivity index (χ3n) is 2.20. The molecule has 1 unspecified atom stereocenters. The zero-order valence-electron chi connectivity index (χ0n) is 8.36. The third-order valence-corrected chi connectivity index (χ3v) is 2.20. The molecule has 0 radical (unpaired) electrons. The molecule has 1 aromatic rings. The van der Waals surface area contributed by atoms with Crippen LogP contribution in [0.15, 0.2) is 42.5 Å². The van der Waals surface area contributed by atoms with Gasteiger partial charge in [0.2, 0.25) is 5.91 Å². The molecular weight excluding hydrogens is 174 g/mol. The molecule has 1 rings (SSSR count). The van der Waals surface area contributed by atoms with Crippen molar-refractivity contribution in [3.05, 3.63) is 48.0 Å². The van der Waals surface area contributed by atoms with Gasteiger partial charge >= 0.3 is 0 Å². The Hall–Kier alpha value is -1.57. The van der Waals surface area contributed by atoms with Crippen LogP contribution >= 0.6 is 0 Å². The number of hydrogen-bond donors (Lipinski definition) is 1. The SMILES string of the molecule is C=C(C)C(CC(N)=O)c1ccccc1. The van der Waals surface area contributed by atoms with E-state index in [0.717, 1.165) is 11.1 Å². The first-order valence-corrected chi connectivity index (χ1v) is 4.60. The van der Waals surface area contributed by atoms with E-state index in [-0.39, 0.29) is 11.8 Å². The van der Waals surface area contributed by atoms with Crippen molar-refractivity contribution in [2.45, 2.75) is 19.3 Å². The Labute approximate surface area is 84.4 Å². The van der Waals surface area contributed by atoms with Crippen molar-refractivity contribution in [1.29, 1.82) is 0 Å². The van der Waals surface area contributed by atoms with Gasteiger partial charge in [-0.25, -0.2) is 0 Å². The summed E-state index contributed by atoms with van der Waals surface area (Å²) in [6, 6.07) is 9.83. The van der Waals surface area contributed by atoms with E-state index >= 15 is 0 Å². The van der Waals surface area contributed by atoms with Crippen LogP contribution in [0.25, 0.3) is 0 Å². The first-order valence-electron chi connectivity index (χ1n) is 4.60. The lowest BCUT2D eigenvalue weighted by Gasteiger charge is -2.15. The van der Waals surface area contributed by atoms with Gasteiger partial charge in [0.15, 0.2) is 0 Å². The summed E-state index contributed by atoms with van der Waals surface area (Å²) in [7, 11) is 0. The fourth-order valence-corrected chi connectivity index (χ4v) is 1.46. The monoisotopic (exact) mass is 189 g/mol. The second-order valence-corrected chi connectivity index (χ2v) is 3.48. The van der Waals surface area contributed by atoms with Crippen LogP contribution in [0.3, 0.4) is 0 Å². The Morgan fingerprint density at radius 3 is 2.43 bits per heavy atom. The summed E-state index contributed by atoms with van der Waals surface area (Å²) in [6.45, 7) is 5.79. The predicted octanol–water partition coefficient (Wildman–Crippen LogP) is 2.22. The largest absolute Gasteiger partial charge is 0.370 e. The summed E-state index contributed by atoms with van der Waals surface area (Å²) in [5.74, 6) is -0.240. The smallest absolute Gasteiger partial charge is 0.218 e. The summed E-state index contributed by atoms with van der Waals surface area (Å²) < 4.78 is 0. The lowest BCUT2D eigenvalue weighted by molar-refractivity contribution is -0.118. The summed E-state index contributed by atoms with van der Waals surface area (Å²) >= 11 is 0. The second-order valence-electron chi connectivity index (χ2n) is 3.48. The van der Waals surface area contributed by atoms with Crippen molar-refractivity contribution < 1.29 is 4.79 Å². The van der Waals surface area contributed by atoms with Crippen LogP contribution in [0.5, 0.6) is 0 Å². The highest BCUT2D eigenvalue weighted by molar-refractivity contribution is 5.75. The molecular formula is C12H15NO. The summed E-state index contributed by atoms with van der Waals surface area (Å²) in [4.78, 5) is 10.9. The Morgan fingerprint density at radius 2 is 2.00 bits per heavy atom. The van der Waals surface area contributed by atoms with E-state index in [1.165, 1.54) is 0 Å². The van der Waals surface area contributed by atoms with Gasteiger partial charge in [0.1, 0.15) is 0 Å². The van der Waals surface area contributed by atoms with Crippen molar-refractivity contribution in [2.24, 2.45) is 5.73 Å². The van der Waals surface area contributed by atoms with Gasteiger partial charge in [-0.2, -0.15) is 0 Å². The van der Waals surface area contributed by atoms with Gasteiger partial charge in [-0.15, -0.1) is 0 Å². The molecule has 0 aliphatic rings. The van der Waals surface area contributed by atoms with Gasteiger partial charge in [0.25, 0.3) is 0 Å². The van der Waals surface area contributed by atoms with Crippen LogP contribution in [0.2, 0.25) is 0 Å². The van der Waals surface area contributed by atoms with Crippen LogP contribution in [-0.2, 0) is 4.79 Å². The molecule has 1 atom stereocenters. The third kappa shape index (κ3) is 2.73. The molecule has 0 aliphatic heterocycles. The van der Waals surface area contributed by atoms with E-state index < -0.39 is 0 Å². The first-order chi connectivity index (χ1) is 6.61. The molecule has 0 spiro atoms. The lowest BCUT2D eigenvalue weighted by Crippen LogP contribution is -2.15. The van der Waals surface area contributed by atoms with Crippen LogP contribution in [0.1, 0.15) is 24.8 Å². The number of carbonyl (C=O) groups excluding carboxylic acids is 1. The Balaban J connectivity index is 2.89. The molecule has 2 nitrogen and oxygen atoms in total. The van der Waals surface area contributed by atoms with Crippen molar-refractivity contribution >= 4 is 5.91 Å². The number of hydrogen-bond acceptors (Lipinski definition) is 1. The molecule has 0 aromatic heterocycles. The van der Waals surface area contributed by atoms with Gasteiger partial charge < -0.3 is 5.73 Å². The molecule has 1 aromatic carbocycles. The van der Waals surface area contributed by atoms with Gasteiger partial charge in [-0.05, 0) is 12.5 Å². The Kier molecular flexibility index (Phi) is 3.46. The number of amides is 1. The van der Waals surface area contributed by atoms with Gasteiger partial charge in [-0.1, -0.05) is 42.5 Å². The highest BCUT2D eigenvalue weighted by atomic mass is 16.1. The average Bonchev–Trinajstić information content (AvgIpc) is 2.15. The van der Waals surface area contributed by atoms with Gasteiger partial charge in [0.05, 0.1) is 0 Å². The molecule has 0 bridgehead atoms. The van der Waals surface area contributed by atoms with Gasteiger partial charge in [0, 0.05) is 12.3 Å². The highest BCUT2D eigenvalue weighted by Crippen LogP contribution is 2.25. The minimum Gasteiger partial charge on any atom is -0.370 e. The van der Waals surface area contributed by atoms with Crippen LogP contribution in [0.4, 0.5) is 0 Å². The van der Waals surface area contributed by atoms with E-state index in [2.05, 4.69) is 6.58 Å². The minimum absolute atomic E-state index is 0.0497. The zero-order chi connectivity index (χ0) is 10.6. The number of nitrogens with two attached hydrogens (primary N) is 1. The number of primary amides is 1. The van der Waals surface area contributed by atoms with E-state index in [4.69, 9.17) is 5.73 Å². The molecule has 14 heavy (non-hydrogen) atoms. The summed E-state index contributed by atoms with van der Waals surface area (Å²) in [5.41, 5.74) is 7.25. The molecule has 0 heterocycles. The normalized spacial score (nSPS) is 12.1. The zero-order valence-corrected chi connectivity index (χ0v) is 8.36. The topological polar surface area (TPSA) is 43.1 Å². The first kappa shape index (κ1) is 10.5. The number of benzene rings is 1. The maximum absolute atomic E-state index is 10.9. The standard InChI is InChI=1S/C12H15NO/c1-9(2)11(8-12(13)14)10-6-4-3-5-7-10/h3-7,11H,1,8H2,2H3,(H2,13,14). The van der Waals surface area contributed by atoms with Crippen molar-refractivity contribution in [3.63, 3.8) is 0 Å². The molecule has 1 amide bonds. The predicted molar refractivity (Wildman–Crippen MR) is 57.8 cm³/mol. The van der Waals surface area contributed by atoms with Crippen molar-refractivity contribution in [2.75, 3.05) is 0 Å². The Morgan fingerprint density at radius 1 is 1.43 bits per heavy atom. The molecule has 0 saturated carbocycles. The molecule has 74 valence electrons. The molecule has 0 aliphatic carbocycles. The molecule has 2 heteroatoms. The van der Waals surface area contributed by atoms with Crippen molar-refractivity contribution in [3.8, 4) is 0 Å². The maximum atomic E-state index is 10.9. The van der Waals surface area contributed by atoms with E-state index in [9.17, 15) is 4.79 Å². The van der Waals surface area contributed by atoms with E-state index in [0.29, 0.717) is 6.42 Å². The highest BCUT2D eigenvalue weighted by Gasteiger charge is 2.14. The average molecular weight is 189 g/mol. The summed E-state index contributed by atoms with van der Waals surface area (Å²) in [5, 5.41) is 0. The number of rotatable bonds is 4. The Bertz CT molecular complexity index is 329. The van der Waals surface area contributed by atoms with Gasteiger partial charge in [-0.3, -0.25) is 4.79 Å². The molecule has 0 saturated heterocycles. The lowest BCUT2D eigenvalue weighted by atomic mass is 9.90. The fraction of sp³-hybridized carbons (Fsp3) is 0.250. The second kappa shape index (κ2) is 4.61. The fourth-order valence-electron chi connectivity index (χ4n) is 1.46. The minimum atomic E-state index is -0.290. The quantitative estimate of drug-likeness (QED) is 0.725. The van der Waals surface area contributed by atoms with Crippen LogP contribution in [0, 0.1) is 0 Å². The van der Waals surface area contributed by atoms with Crippen molar-refractivity contribution in [1.82, 2.24) is 0 Å². The number of allylic oxidation sites excluding steroid dienone is 1. The maximum Gasteiger partial charge on any atom is 0.218 e. The molecule has 0 fully saturated rings. The molecule has 2 N–H and O–H groups in total. The number of carbonyl (C=O) groups is 1. The van der Waals surface area contributed by atoms with E-state index in [1.807, 2.05) is 37.3 Å².